The van der Waals surface area contributed by atoms with Crippen molar-refractivity contribution in [3.05, 3.63) is 65.5 Å². The van der Waals surface area contributed by atoms with Gasteiger partial charge in [-0.2, -0.15) is 0 Å². The molecule has 0 aromatic heterocycles. The van der Waals surface area contributed by atoms with E-state index >= 15 is 0 Å². The summed E-state index contributed by atoms with van der Waals surface area (Å²) in [4.78, 5) is 0. The zero-order chi connectivity index (χ0) is 17.9. The molecule has 3 atom stereocenters. The molecule has 0 aliphatic carbocycles. The summed E-state index contributed by atoms with van der Waals surface area (Å²) in [6, 6.07) is 13.2. The fourth-order valence-corrected chi connectivity index (χ4v) is 3.55. The Morgan fingerprint density at radius 2 is 1.50 bits per heavy atom. The van der Waals surface area contributed by atoms with Crippen LogP contribution in [0.5, 0.6) is 0 Å². The summed E-state index contributed by atoms with van der Waals surface area (Å²) in [5.41, 5.74) is 1.71. The lowest BCUT2D eigenvalue weighted by atomic mass is 10.00. The Morgan fingerprint density at radius 3 is 1.92 bits per heavy atom. The first kappa shape index (κ1) is 19.1. The van der Waals surface area contributed by atoms with E-state index in [0.29, 0.717) is 0 Å². The maximum Gasteiger partial charge on any atom is 0.373 e. The zero-order valence-electron chi connectivity index (χ0n) is 14.2. The minimum atomic E-state index is -1.40. The molecule has 3 nitrogen and oxygen atoms in total. The molecule has 0 radical (unpaired) electrons. The molecule has 0 saturated heterocycles. The highest BCUT2D eigenvalue weighted by molar-refractivity contribution is 7.90. The summed E-state index contributed by atoms with van der Waals surface area (Å²) in [5, 5.41) is 0.767. The normalized spacial score (nSPS) is 15.0. The number of benzene rings is 2. The van der Waals surface area contributed by atoms with Crippen molar-refractivity contribution in [2.24, 2.45) is 0 Å². The van der Waals surface area contributed by atoms with Gasteiger partial charge in [-0.3, -0.25) is 0 Å². The Balaban J connectivity index is 2.38. The fourth-order valence-electron chi connectivity index (χ4n) is 2.14. The van der Waals surface area contributed by atoms with Crippen LogP contribution in [0.15, 0.2) is 48.5 Å². The van der Waals surface area contributed by atoms with Gasteiger partial charge in [0, 0.05) is 11.4 Å². The van der Waals surface area contributed by atoms with Gasteiger partial charge >= 0.3 is 7.80 Å². The lowest BCUT2D eigenvalue weighted by Crippen LogP contribution is -2.41. The van der Waals surface area contributed by atoms with Crippen molar-refractivity contribution in [2.45, 2.75) is 31.6 Å². The van der Waals surface area contributed by atoms with Gasteiger partial charge < -0.3 is 4.55 Å². The third-order valence-electron chi connectivity index (χ3n) is 3.57. The molecule has 0 heterocycles. The van der Waals surface area contributed by atoms with Crippen LogP contribution in [0.4, 0.5) is 4.39 Å². The third-order valence-corrected chi connectivity index (χ3v) is 6.16. The van der Waals surface area contributed by atoms with Crippen LogP contribution in [0.3, 0.4) is 0 Å². The van der Waals surface area contributed by atoms with Crippen molar-refractivity contribution >= 4 is 24.5 Å². The number of nitrogens with one attached hydrogen (secondary N) is 1. The van der Waals surface area contributed by atoms with Crippen molar-refractivity contribution in [2.75, 3.05) is 6.66 Å². The Morgan fingerprint density at radius 1 is 1.04 bits per heavy atom. The van der Waals surface area contributed by atoms with E-state index in [4.69, 9.17) is 0 Å². The van der Waals surface area contributed by atoms with E-state index in [1.165, 1.54) is 12.1 Å². The van der Waals surface area contributed by atoms with E-state index < -0.39 is 23.9 Å². The zero-order valence-corrected chi connectivity index (χ0v) is 16.0. The smallest absolute Gasteiger partial charge is 0.373 e. The molecule has 0 spiro atoms. The fraction of sp³-hybridized carbons (Fsp3) is 0.333. The van der Waals surface area contributed by atoms with Crippen molar-refractivity contribution in [3.8, 4) is 0 Å². The minimum Gasteiger partial charge on any atom is -0.598 e. The Kier molecular flexibility index (Phi) is 6.16. The molecule has 0 aliphatic heterocycles. The van der Waals surface area contributed by atoms with E-state index in [9.17, 15) is 13.5 Å². The summed E-state index contributed by atoms with van der Waals surface area (Å²) in [5.74, 6) is -0.312. The standard InChI is InChI=1S/C18H22FNO2PS/c1-18(2,3)24(22)20-17(13-5-9-15(19)10-6-13)14-7-11-16(12-8-14)23(4)21/h5-12,17,20H,1-4H3/q+1/t17-,24?/m1/s1. The first-order valence-corrected chi connectivity index (χ1v) is 10.5. The highest BCUT2D eigenvalue weighted by atomic mass is 32.2. The highest BCUT2D eigenvalue weighted by Crippen LogP contribution is 2.27. The molecule has 6 heteroatoms. The molecule has 0 aliphatic rings. The summed E-state index contributed by atoms with van der Waals surface area (Å²) in [6.45, 7) is 7.34. The maximum absolute atomic E-state index is 13.2. The molecule has 2 aromatic carbocycles. The van der Waals surface area contributed by atoms with Gasteiger partial charge in [0.15, 0.2) is 5.30 Å². The average molecular weight is 366 g/mol. The van der Waals surface area contributed by atoms with Gasteiger partial charge in [-0.25, -0.2) is 4.39 Å². The van der Waals surface area contributed by atoms with Gasteiger partial charge in [-0.1, -0.05) is 28.8 Å². The lowest BCUT2D eigenvalue weighted by Gasteiger charge is -2.28. The molecular formula is C18H22FNO2PS+. The number of halogens is 1. The van der Waals surface area contributed by atoms with E-state index in [1.807, 2.05) is 45.0 Å². The predicted octanol–water partition coefficient (Wildman–Crippen LogP) is 4.05. The third kappa shape index (κ3) is 4.87. The van der Waals surface area contributed by atoms with Gasteiger partial charge in [0.1, 0.15) is 23.3 Å². The van der Waals surface area contributed by atoms with Gasteiger partial charge in [0.25, 0.3) is 0 Å². The summed E-state index contributed by atoms with van der Waals surface area (Å²) >= 11 is -1.29. The maximum atomic E-state index is 13.2. The predicted molar refractivity (Wildman–Crippen MR) is 98.9 cm³/mol. The van der Waals surface area contributed by atoms with Crippen LogP contribution in [0.25, 0.3) is 0 Å². The van der Waals surface area contributed by atoms with Gasteiger partial charge in [-0.05, 0) is 56.2 Å². The quantitative estimate of drug-likeness (QED) is 0.642. The second-order valence-corrected chi connectivity index (χ2v) is 10.1. The first-order chi connectivity index (χ1) is 11.2. The first-order valence-electron chi connectivity index (χ1n) is 7.63. The molecule has 2 unspecified atom stereocenters. The average Bonchev–Trinajstić information content (AvgIpc) is 2.52. The van der Waals surface area contributed by atoms with Crippen LogP contribution in [0.1, 0.15) is 37.9 Å². The van der Waals surface area contributed by atoms with Crippen LogP contribution in [0, 0.1) is 5.82 Å². The summed E-state index contributed by atoms with van der Waals surface area (Å²) < 4.78 is 40.1. The number of hydrogen-bond donors (Lipinski definition) is 1. The summed E-state index contributed by atoms with van der Waals surface area (Å²) in [6.07, 6.45) is 0. The van der Waals surface area contributed by atoms with Crippen molar-refractivity contribution in [3.63, 3.8) is 0 Å². The van der Waals surface area contributed by atoms with Crippen LogP contribution in [-0.2, 0) is 15.9 Å². The Hall–Kier alpha value is -1.26. The van der Waals surface area contributed by atoms with Crippen molar-refractivity contribution < 1.29 is 13.5 Å². The number of hydrogen-bond acceptors (Lipinski definition) is 3. The van der Waals surface area contributed by atoms with E-state index in [-0.39, 0.29) is 11.9 Å². The Labute approximate surface area is 146 Å². The molecule has 2 aromatic rings. The monoisotopic (exact) mass is 366 g/mol. The van der Waals surface area contributed by atoms with Crippen molar-refractivity contribution in [1.82, 2.24) is 4.72 Å². The molecule has 0 fully saturated rings. The summed E-state index contributed by atoms with van der Waals surface area (Å²) in [7, 11) is -1.40. The molecule has 0 amide bonds. The molecule has 0 saturated carbocycles. The van der Waals surface area contributed by atoms with E-state index in [0.717, 1.165) is 16.4 Å². The topological polar surface area (TPSA) is 52.2 Å². The van der Waals surface area contributed by atoms with E-state index in [1.54, 1.807) is 18.8 Å². The largest absolute Gasteiger partial charge is 0.598 e. The Bertz CT molecular complexity index is 698. The molecule has 128 valence electrons. The molecular weight excluding hydrogens is 344 g/mol. The van der Waals surface area contributed by atoms with Gasteiger partial charge in [0.2, 0.25) is 0 Å². The molecule has 1 N–H and O–H groups in total. The van der Waals surface area contributed by atoms with Gasteiger partial charge in [0.05, 0.1) is 0 Å². The van der Waals surface area contributed by atoms with Crippen LogP contribution in [0.2, 0.25) is 0 Å². The van der Waals surface area contributed by atoms with Gasteiger partial charge in [-0.15, -0.1) is 4.72 Å². The second-order valence-electron chi connectivity index (χ2n) is 6.57. The second kappa shape index (κ2) is 7.75. The van der Waals surface area contributed by atoms with Crippen LogP contribution >= 0.6 is 7.80 Å². The highest BCUT2D eigenvalue weighted by Gasteiger charge is 2.30. The SMILES string of the molecule is C[P+](=O)c1ccc([C@H](N[S+]([O-])C(C)(C)C)c2ccc(F)cc2)cc1. The molecule has 0 bridgehead atoms. The lowest BCUT2D eigenvalue weighted by molar-refractivity contribution is 0.535. The van der Waals surface area contributed by atoms with Crippen molar-refractivity contribution in [1.29, 1.82) is 0 Å². The van der Waals surface area contributed by atoms with Crippen LogP contribution < -0.4 is 10.0 Å². The molecule has 2 rings (SSSR count). The minimum absolute atomic E-state index is 0.312. The number of rotatable bonds is 5. The molecule has 24 heavy (non-hydrogen) atoms. The van der Waals surface area contributed by atoms with Crippen LogP contribution in [-0.4, -0.2) is 16.0 Å². The van der Waals surface area contributed by atoms with E-state index in [2.05, 4.69) is 4.72 Å².